The molecule has 7 heteroatoms. The van der Waals surface area contributed by atoms with Gasteiger partial charge in [0.05, 0.1) is 9.79 Å². The summed E-state index contributed by atoms with van der Waals surface area (Å²) in [6.45, 7) is 0. The molecule has 6 nitrogen and oxygen atoms in total. The fourth-order valence-electron chi connectivity index (χ4n) is 1.64. The molecular weight excluding hydrogens is 278 g/mol. The van der Waals surface area contributed by atoms with Crippen LogP contribution >= 0.6 is 0 Å². The minimum atomic E-state index is -3.60. The summed E-state index contributed by atoms with van der Waals surface area (Å²) in [5, 5.41) is 2.36. The van der Waals surface area contributed by atoms with Crippen molar-refractivity contribution in [3.63, 3.8) is 0 Å². The molecule has 0 unspecified atom stereocenters. The number of sulfone groups is 1. The first-order valence-electron chi connectivity index (χ1n) is 5.67. The highest BCUT2D eigenvalue weighted by atomic mass is 32.2. The van der Waals surface area contributed by atoms with Gasteiger partial charge < -0.3 is 16.8 Å². The summed E-state index contributed by atoms with van der Waals surface area (Å²) in [4.78, 5) is 11.0. The van der Waals surface area contributed by atoms with Crippen LogP contribution in [0.3, 0.4) is 0 Å². The van der Waals surface area contributed by atoms with Gasteiger partial charge >= 0.3 is 6.03 Å². The number of urea groups is 1. The van der Waals surface area contributed by atoms with Crippen LogP contribution in [0.15, 0.2) is 58.3 Å². The summed E-state index contributed by atoms with van der Waals surface area (Å²) in [6.07, 6.45) is 0. The van der Waals surface area contributed by atoms with Crippen LogP contribution in [0.5, 0.6) is 0 Å². The number of primary amides is 1. The Morgan fingerprint density at radius 2 is 1.35 bits per heavy atom. The molecule has 2 aromatic rings. The number of hydrogen-bond acceptors (Lipinski definition) is 4. The van der Waals surface area contributed by atoms with Gasteiger partial charge in [0.2, 0.25) is 9.84 Å². The average molecular weight is 291 g/mol. The monoisotopic (exact) mass is 291 g/mol. The molecule has 0 heterocycles. The average Bonchev–Trinajstić information content (AvgIpc) is 2.39. The lowest BCUT2D eigenvalue weighted by Gasteiger charge is -2.06. The second kappa shape index (κ2) is 5.22. The number of nitrogens with two attached hydrogens (primary N) is 2. The number of hydrogen-bond donors (Lipinski definition) is 3. The number of nitrogen functional groups attached to an aromatic ring is 1. The lowest BCUT2D eigenvalue weighted by atomic mass is 10.3. The second-order valence-electron chi connectivity index (χ2n) is 4.09. The summed E-state index contributed by atoms with van der Waals surface area (Å²) in [5.74, 6) is 0. The fourth-order valence-corrected chi connectivity index (χ4v) is 2.90. The number of nitrogens with one attached hydrogen (secondary N) is 1. The molecule has 0 aliphatic carbocycles. The van der Waals surface area contributed by atoms with Crippen molar-refractivity contribution in [2.75, 3.05) is 11.1 Å². The smallest absolute Gasteiger partial charge is 0.316 e. The predicted molar refractivity (Wildman–Crippen MR) is 76.0 cm³/mol. The molecule has 104 valence electrons. The fraction of sp³-hybridized carbons (Fsp3) is 0. The third-order valence-corrected chi connectivity index (χ3v) is 4.41. The molecule has 5 N–H and O–H groups in total. The summed E-state index contributed by atoms with van der Waals surface area (Å²) in [6, 6.07) is 11.0. The van der Waals surface area contributed by atoms with Gasteiger partial charge in [-0.2, -0.15) is 0 Å². The van der Waals surface area contributed by atoms with E-state index in [9.17, 15) is 13.2 Å². The van der Waals surface area contributed by atoms with Crippen LogP contribution in [0.2, 0.25) is 0 Å². The van der Waals surface area contributed by atoms with Crippen LogP contribution in [0.1, 0.15) is 0 Å². The minimum Gasteiger partial charge on any atom is -0.399 e. The van der Waals surface area contributed by atoms with E-state index in [2.05, 4.69) is 5.32 Å². The molecule has 0 aliphatic rings. The molecule has 2 rings (SSSR count). The molecule has 2 amide bonds. The Kier molecular flexibility index (Phi) is 3.62. The molecule has 0 spiro atoms. The Labute approximate surface area is 116 Å². The molecule has 0 saturated heterocycles. The van der Waals surface area contributed by atoms with Crippen molar-refractivity contribution in [1.82, 2.24) is 0 Å². The van der Waals surface area contributed by atoms with E-state index in [1.54, 1.807) is 0 Å². The Morgan fingerprint density at radius 1 is 0.900 bits per heavy atom. The zero-order chi connectivity index (χ0) is 14.8. The zero-order valence-electron chi connectivity index (χ0n) is 10.4. The van der Waals surface area contributed by atoms with Crippen LogP contribution < -0.4 is 16.8 Å². The molecule has 0 radical (unpaired) electrons. The zero-order valence-corrected chi connectivity index (χ0v) is 11.2. The molecule has 0 aromatic heterocycles. The van der Waals surface area contributed by atoms with Gasteiger partial charge in [-0.3, -0.25) is 0 Å². The number of carbonyl (C=O) groups is 1. The van der Waals surface area contributed by atoms with Crippen molar-refractivity contribution >= 4 is 27.2 Å². The van der Waals surface area contributed by atoms with E-state index in [0.717, 1.165) is 0 Å². The van der Waals surface area contributed by atoms with Crippen molar-refractivity contribution in [1.29, 1.82) is 0 Å². The van der Waals surface area contributed by atoms with Gasteiger partial charge in [-0.15, -0.1) is 0 Å². The number of carbonyl (C=O) groups excluding carboxylic acids is 1. The normalized spacial score (nSPS) is 11.0. The van der Waals surface area contributed by atoms with E-state index in [1.807, 2.05) is 0 Å². The number of amides is 2. The molecular formula is C13H13N3O3S. The quantitative estimate of drug-likeness (QED) is 0.745. The SMILES string of the molecule is NC(=O)Nc1ccc(S(=O)(=O)c2ccc(N)cc2)cc1. The Balaban J connectivity index is 2.34. The largest absolute Gasteiger partial charge is 0.399 e. The number of rotatable bonds is 3. The maximum absolute atomic E-state index is 12.3. The predicted octanol–water partition coefficient (Wildman–Crippen LogP) is 1.59. The van der Waals surface area contributed by atoms with E-state index in [4.69, 9.17) is 11.5 Å². The Morgan fingerprint density at radius 3 is 1.80 bits per heavy atom. The van der Waals surface area contributed by atoms with Gasteiger partial charge in [-0.05, 0) is 48.5 Å². The van der Waals surface area contributed by atoms with Crippen LogP contribution in [0, 0.1) is 0 Å². The van der Waals surface area contributed by atoms with Crippen molar-refractivity contribution in [2.24, 2.45) is 5.73 Å². The molecule has 0 aliphatic heterocycles. The highest BCUT2D eigenvalue weighted by molar-refractivity contribution is 7.91. The van der Waals surface area contributed by atoms with Crippen molar-refractivity contribution in [3.05, 3.63) is 48.5 Å². The molecule has 20 heavy (non-hydrogen) atoms. The van der Waals surface area contributed by atoms with Crippen molar-refractivity contribution in [3.8, 4) is 0 Å². The molecule has 0 bridgehead atoms. The molecule has 2 aromatic carbocycles. The van der Waals surface area contributed by atoms with Gasteiger partial charge in [0.15, 0.2) is 0 Å². The summed E-state index contributed by atoms with van der Waals surface area (Å²) >= 11 is 0. The summed E-state index contributed by atoms with van der Waals surface area (Å²) in [5.41, 5.74) is 11.4. The van der Waals surface area contributed by atoms with E-state index >= 15 is 0 Å². The van der Waals surface area contributed by atoms with Crippen molar-refractivity contribution < 1.29 is 13.2 Å². The van der Waals surface area contributed by atoms with Gasteiger partial charge in [0, 0.05) is 11.4 Å². The molecule has 0 atom stereocenters. The first-order valence-corrected chi connectivity index (χ1v) is 7.15. The van der Waals surface area contributed by atoms with Crippen LogP contribution in [0.4, 0.5) is 16.2 Å². The highest BCUT2D eigenvalue weighted by Crippen LogP contribution is 2.23. The van der Waals surface area contributed by atoms with Crippen LogP contribution in [0.25, 0.3) is 0 Å². The number of benzene rings is 2. The second-order valence-corrected chi connectivity index (χ2v) is 6.04. The van der Waals surface area contributed by atoms with Gasteiger partial charge in [0.25, 0.3) is 0 Å². The first-order chi connectivity index (χ1) is 9.39. The number of anilines is 2. The topological polar surface area (TPSA) is 115 Å². The van der Waals surface area contributed by atoms with Crippen LogP contribution in [-0.2, 0) is 9.84 Å². The third kappa shape index (κ3) is 2.89. The summed E-state index contributed by atoms with van der Waals surface area (Å²) in [7, 11) is -3.60. The maximum atomic E-state index is 12.3. The van der Waals surface area contributed by atoms with Gasteiger partial charge in [0.1, 0.15) is 0 Å². The maximum Gasteiger partial charge on any atom is 0.316 e. The van der Waals surface area contributed by atoms with Crippen LogP contribution in [-0.4, -0.2) is 14.4 Å². The lowest BCUT2D eigenvalue weighted by molar-refractivity contribution is 0.259. The highest BCUT2D eigenvalue weighted by Gasteiger charge is 2.17. The minimum absolute atomic E-state index is 0.122. The Hall–Kier alpha value is -2.54. The standard InChI is InChI=1S/C13H13N3O3S/c14-9-1-5-11(6-2-9)20(18,19)12-7-3-10(4-8-12)16-13(15)17/h1-8H,14H2,(H3,15,16,17). The van der Waals surface area contributed by atoms with E-state index in [1.165, 1.54) is 48.5 Å². The molecule has 0 fully saturated rings. The molecule has 0 saturated carbocycles. The van der Waals surface area contributed by atoms with Gasteiger partial charge in [-0.1, -0.05) is 0 Å². The van der Waals surface area contributed by atoms with E-state index < -0.39 is 15.9 Å². The summed E-state index contributed by atoms with van der Waals surface area (Å²) < 4.78 is 24.7. The van der Waals surface area contributed by atoms with Gasteiger partial charge in [-0.25, -0.2) is 13.2 Å². The van der Waals surface area contributed by atoms with E-state index in [-0.39, 0.29) is 9.79 Å². The third-order valence-electron chi connectivity index (χ3n) is 2.62. The van der Waals surface area contributed by atoms with E-state index in [0.29, 0.717) is 11.4 Å². The first kappa shape index (κ1) is 13.9. The van der Waals surface area contributed by atoms with Crippen molar-refractivity contribution in [2.45, 2.75) is 9.79 Å². The Bertz CT molecular complexity index is 722. The lowest BCUT2D eigenvalue weighted by Crippen LogP contribution is -2.19.